The number of quaternary nitrogens is 1. The van der Waals surface area contributed by atoms with Crippen molar-refractivity contribution >= 4 is 22.5 Å². The molecule has 0 saturated carbocycles. The van der Waals surface area contributed by atoms with Crippen LogP contribution in [0.2, 0.25) is 0 Å². The van der Waals surface area contributed by atoms with E-state index in [1.54, 1.807) is 18.3 Å². The van der Waals surface area contributed by atoms with Crippen LogP contribution in [0.1, 0.15) is 17.3 Å². The van der Waals surface area contributed by atoms with Gasteiger partial charge in [-0.15, -0.1) is 6.58 Å². The number of nitrogens with one attached hydrogen (secondary N) is 2. The van der Waals surface area contributed by atoms with Crippen molar-refractivity contribution in [3.63, 3.8) is 0 Å². The maximum Gasteiger partial charge on any atom is 0.257 e. The molecule has 2 heterocycles. The standard InChI is InChI=1S/C20H25FN4O2/c1-4-6-22-20(27)15-13-24(5-2)17-12-18(16(21)11-14(17)19(15)26)25-9-7-23(3)8-10-25/h4,11-13H,1,5-10H2,2-3H3,(H,22,27)/p+1. The number of hydrogen-bond acceptors (Lipinski definition) is 3. The maximum absolute atomic E-state index is 14.8. The molecule has 0 bridgehead atoms. The molecule has 0 radical (unpaired) electrons. The van der Waals surface area contributed by atoms with Crippen LogP contribution in [0.15, 0.2) is 35.8 Å². The molecule has 7 heteroatoms. The first-order valence-corrected chi connectivity index (χ1v) is 9.28. The Balaban J connectivity index is 2.10. The van der Waals surface area contributed by atoms with Crippen molar-refractivity contribution in [1.82, 2.24) is 9.88 Å². The zero-order valence-electron chi connectivity index (χ0n) is 15.8. The number of carbonyl (C=O) groups is 1. The highest BCUT2D eigenvalue weighted by Crippen LogP contribution is 2.25. The van der Waals surface area contributed by atoms with Gasteiger partial charge in [-0.3, -0.25) is 9.59 Å². The molecule has 1 aromatic carbocycles. The fraction of sp³-hybridized carbons (Fsp3) is 0.400. The summed E-state index contributed by atoms with van der Waals surface area (Å²) in [4.78, 5) is 28.5. The molecule has 0 atom stereocenters. The summed E-state index contributed by atoms with van der Waals surface area (Å²) >= 11 is 0. The molecular weight excluding hydrogens is 347 g/mol. The SMILES string of the molecule is C=CCNC(=O)c1cn(CC)c2cc(N3CC[NH+](C)CC3)c(F)cc2c1=O. The van der Waals surface area contributed by atoms with E-state index in [2.05, 4.69) is 18.9 Å². The van der Waals surface area contributed by atoms with E-state index in [0.717, 1.165) is 26.2 Å². The van der Waals surface area contributed by atoms with Crippen molar-refractivity contribution in [1.29, 1.82) is 0 Å². The summed E-state index contributed by atoms with van der Waals surface area (Å²) in [6.45, 7) is 9.74. The number of likely N-dealkylation sites (N-methyl/N-ethyl adjacent to an activating group) is 1. The number of pyridine rings is 1. The second kappa shape index (κ2) is 7.92. The molecule has 0 unspecified atom stereocenters. The minimum atomic E-state index is -0.476. The van der Waals surface area contributed by atoms with E-state index in [1.807, 2.05) is 16.4 Å². The molecule has 1 aromatic heterocycles. The van der Waals surface area contributed by atoms with Gasteiger partial charge in [0.15, 0.2) is 0 Å². The van der Waals surface area contributed by atoms with Crippen LogP contribution in [0.3, 0.4) is 0 Å². The van der Waals surface area contributed by atoms with Gasteiger partial charge in [-0.2, -0.15) is 0 Å². The lowest BCUT2D eigenvalue weighted by molar-refractivity contribution is -0.880. The van der Waals surface area contributed by atoms with Gasteiger partial charge in [0, 0.05) is 24.7 Å². The van der Waals surface area contributed by atoms with Gasteiger partial charge < -0.3 is 19.7 Å². The highest BCUT2D eigenvalue weighted by Gasteiger charge is 2.22. The lowest BCUT2D eigenvalue weighted by atomic mass is 10.1. The molecule has 1 saturated heterocycles. The first kappa shape index (κ1) is 19.1. The van der Waals surface area contributed by atoms with Crippen molar-refractivity contribution in [2.45, 2.75) is 13.5 Å². The third kappa shape index (κ3) is 3.73. The molecule has 1 aliphatic rings. The molecule has 6 nitrogen and oxygen atoms in total. The van der Waals surface area contributed by atoms with Gasteiger partial charge in [0.25, 0.3) is 5.91 Å². The Morgan fingerprint density at radius 3 is 2.70 bits per heavy atom. The summed E-state index contributed by atoms with van der Waals surface area (Å²) in [7, 11) is 2.13. The largest absolute Gasteiger partial charge is 0.358 e. The summed E-state index contributed by atoms with van der Waals surface area (Å²) in [5.74, 6) is -0.902. The Bertz CT molecular complexity index is 930. The van der Waals surface area contributed by atoms with Crippen LogP contribution < -0.4 is 20.5 Å². The monoisotopic (exact) mass is 373 g/mol. The van der Waals surface area contributed by atoms with Crippen LogP contribution in [0.4, 0.5) is 10.1 Å². The third-order valence-corrected chi connectivity index (χ3v) is 5.10. The van der Waals surface area contributed by atoms with Gasteiger partial charge in [-0.05, 0) is 19.1 Å². The predicted octanol–water partition coefficient (Wildman–Crippen LogP) is 0.411. The van der Waals surface area contributed by atoms with E-state index in [-0.39, 0.29) is 17.5 Å². The van der Waals surface area contributed by atoms with Crippen LogP contribution in [-0.4, -0.2) is 50.2 Å². The number of anilines is 1. The quantitative estimate of drug-likeness (QED) is 0.747. The maximum atomic E-state index is 14.8. The Labute approximate surface area is 157 Å². The van der Waals surface area contributed by atoms with Gasteiger partial charge in [-0.25, -0.2) is 4.39 Å². The van der Waals surface area contributed by atoms with Crippen LogP contribution in [0.5, 0.6) is 0 Å². The zero-order valence-corrected chi connectivity index (χ0v) is 15.8. The average Bonchev–Trinajstić information content (AvgIpc) is 2.67. The number of halogens is 1. The summed E-state index contributed by atoms with van der Waals surface area (Å²) in [6.07, 6.45) is 3.10. The highest BCUT2D eigenvalue weighted by molar-refractivity contribution is 5.97. The van der Waals surface area contributed by atoms with Crippen molar-refractivity contribution in [3.05, 3.63) is 52.6 Å². The van der Waals surface area contributed by atoms with E-state index in [9.17, 15) is 14.0 Å². The summed E-state index contributed by atoms with van der Waals surface area (Å²) in [5, 5.41) is 2.84. The lowest BCUT2D eigenvalue weighted by Crippen LogP contribution is -3.12. The lowest BCUT2D eigenvalue weighted by Gasteiger charge is -2.32. The van der Waals surface area contributed by atoms with E-state index in [0.29, 0.717) is 17.7 Å². The van der Waals surface area contributed by atoms with E-state index in [1.165, 1.54) is 11.0 Å². The summed E-state index contributed by atoms with van der Waals surface area (Å²) < 4.78 is 16.7. The average molecular weight is 373 g/mol. The molecule has 0 spiro atoms. The minimum absolute atomic E-state index is 0.0153. The Morgan fingerprint density at radius 2 is 2.07 bits per heavy atom. The number of aromatic nitrogens is 1. The van der Waals surface area contributed by atoms with Crippen molar-refractivity contribution in [3.8, 4) is 0 Å². The predicted molar refractivity (Wildman–Crippen MR) is 105 cm³/mol. The molecule has 1 aliphatic heterocycles. The van der Waals surface area contributed by atoms with Gasteiger partial charge >= 0.3 is 0 Å². The zero-order chi connectivity index (χ0) is 19.6. The normalized spacial score (nSPS) is 15.1. The molecule has 27 heavy (non-hydrogen) atoms. The molecular formula is C20H26FN4O2+. The fourth-order valence-electron chi connectivity index (χ4n) is 3.45. The Hall–Kier alpha value is -2.67. The second-order valence-corrected chi connectivity index (χ2v) is 6.92. The first-order valence-electron chi connectivity index (χ1n) is 9.28. The van der Waals surface area contributed by atoms with Gasteiger partial charge in [-0.1, -0.05) is 6.08 Å². The van der Waals surface area contributed by atoms with Crippen molar-refractivity contribution in [2.24, 2.45) is 0 Å². The minimum Gasteiger partial charge on any atom is -0.358 e. The van der Waals surface area contributed by atoms with Gasteiger partial charge in [0.1, 0.15) is 11.4 Å². The van der Waals surface area contributed by atoms with Crippen LogP contribution in [-0.2, 0) is 6.54 Å². The number of piperazine rings is 1. The number of benzene rings is 1. The summed E-state index contributed by atoms with van der Waals surface area (Å²) in [5.41, 5.74) is 0.719. The summed E-state index contributed by atoms with van der Waals surface area (Å²) in [6, 6.07) is 3.01. The smallest absolute Gasteiger partial charge is 0.257 e. The Morgan fingerprint density at radius 1 is 1.37 bits per heavy atom. The topological polar surface area (TPSA) is 58.8 Å². The molecule has 144 valence electrons. The van der Waals surface area contributed by atoms with Crippen molar-refractivity contribution in [2.75, 3.05) is 44.7 Å². The molecule has 1 fully saturated rings. The van der Waals surface area contributed by atoms with Crippen molar-refractivity contribution < 1.29 is 14.1 Å². The number of amides is 1. The second-order valence-electron chi connectivity index (χ2n) is 6.92. The van der Waals surface area contributed by atoms with Crippen LogP contribution in [0.25, 0.3) is 10.9 Å². The van der Waals surface area contributed by atoms with E-state index >= 15 is 0 Å². The number of aryl methyl sites for hydroxylation is 1. The van der Waals surface area contributed by atoms with Crippen LogP contribution in [0, 0.1) is 5.82 Å². The number of hydrogen-bond donors (Lipinski definition) is 2. The molecule has 1 amide bonds. The van der Waals surface area contributed by atoms with E-state index in [4.69, 9.17) is 0 Å². The fourth-order valence-corrected chi connectivity index (χ4v) is 3.45. The van der Waals surface area contributed by atoms with Gasteiger partial charge in [0.2, 0.25) is 5.43 Å². The highest BCUT2D eigenvalue weighted by atomic mass is 19.1. The number of carbonyl (C=O) groups excluding carboxylic acids is 1. The number of nitrogens with zero attached hydrogens (tertiary/aromatic N) is 2. The Kier molecular flexibility index (Phi) is 5.60. The first-order chi connectivity index (χ1) is 13.0. The molecule has 3 rings (SSSR count). The van der Waals surface area contributed by atoms with E-state index < -0.39 is 17.2 Å². The number of fused-ring (bicyclic) bond motifs is 1. The molecule has 0 aliphatic carbocycles. The molecule has 2 aromatic rings. The molecule has 2 N–H and O–H groups in total. The van der Waals surface area contributed by atoms with Crippen LogP contribution >= 0.6 is 0 Å². The van der Waals surface area contributed by atoms with Gasteiger partial charge in [0.05, 0.1) is 44.4 Å². The third-order valence-electron chi connectivity index (χ3n) is 5.10. The number of rotatable bonds is 5.